The second kappa shape index (κ2) is 6.77. The molecule has 0 aromatic heterocycles. The van der Waals surface area contributed by atoms with Crippen LogP contribution in [0.15, 0.2) is 48.5 Å². The summed E-state index contributed by atoms with van der Waals surface area (Å²) in [5.74, 6) is 0.732. The maximum absolute atomic E-state index is 9.42. The van der Waals surface area contributed by atoms with Crippen LogP contribution in [0.5, 0.6) is 5.75 Å². The van der Waals surface area contributed by atoms with E-state index in [1.807, 2.05) is 43.3 Å². The lowest BCUT2D eigenvalue weighted by atomic mass is 9.91. The maximum Gasteiger partial charge on any atom is 0.119 e. The molecule has 0 N–H and O–H groups in total. The summed E-state index contributed by atoms with van der Waals surface area (Å²) in [5, 5.41) is 9.42. The molecule has 2 rings (SSSR count). The lowest BCUT2D eigenvalue weighted by Crippen LogP contribution is -2.02. The summed E-state index contributed by atoms with van der Waals surface area (Å²) < 4.78 is 5.43. The zero-order valence-corrected chi connectivity index (χ0v) is 12.0. The third-order valence-electron chi connectivity index (χ3n) is 3.43. The first kappa shape index (κ1) is 14.1. The van der Waals surface area contributed by atoms with Crippen LogP contribution in [-0.4, -0.2) is 6.61 Å². The van der Waals surface area contributed by atoms with E-state index in [1.165, 1.54) is 11.1 Å². The van der Waals surface area contributed by atoms with Crippen molar-refractivity contribution < 1.29 is 4.74 Å². The largest absolute Gasteiger partial charge is 0.494 e. The summed E-state index contributed by atoms with van der Waals surface area (Å²) in [6.45, 7) is 4.70. The van der Waals surface area contributed by atoms with Gasteiger partial charge in [0.25, 0.3) is 0 Å². The summed E-state index contributed by atoms with van der Waals surface area (Å²) >= 11 is 0. The van der Waals surface area contributed by atoms with Gasteiger partial charge in [-0.1, -0.05) is 36.4 Å². The highest BCUT2D eigenvalue weighted by atomic mass is 16.5. The van der Waals surface area contributed by atoms with Crippen LogP contribution in [0.3, 0.4) is 0 Å². The van der Waals surface area contributed by atoms with Gasteiger partial charge in [-0.15, -0.1) is 0 Å². The van der Waals surface area contributed by atoms with E-state index < -0.39 is 0 Å². The molecule has 0 spiro atoms. The van der Waals surface area contributed by atoms with Crippen molar-refractivity contribution in [2.45, 2.75) is 26.2 Å². The van der Waals surface area contributed by atoms with Gasteiger partial charge in [-0.2, -0.15) is 5.26 Å². The fourth-order valence-corrected chi connectivity index (χ4v) is 2.26. The third kappa shape index (κ3) is 3.39. The molecule has 0 amide bonds. The molecule has 1 atom stereocenters. The number of rotatable bonds is 5. The Morgan fingerprint density at radius 1 is 1.10 bits per heavy atom. The van der Waals surface area contributed by atoms with E-state index in [0.717, 1.165) is 17.7 Å². The van der Waals surface area contributed by atoms with Gasteiger partial charge in [0, 0.05) is 0 Å². The van der Waals surface area contributed by atoms with E-state index in [0.29, 0.717) is 6.61 Å². The van der Waals surface area contributed by atoms with Crippen LogP contribution in [0.4, 0.5) is 0 Å². The summed E-state index contributed by atoms with van der Waals surface area (Å²) in [5.41, 5.74) is 3.51. The first-order valence-electron chi connectivity index (χ1n) is 6.91. The van der Waals surface area contributed by atoms with Gasteiger partial charge in [-0.05, 0) is 49.1 Å². The van der Waals surface area contributed by atoms with Gasteiger partial charge in [-0.3, -0.25) is 0 Å². The summed E-state index contributed by atoms with van der Waals surface area (Å²) in [6.07, 6.45) is 0.747. The van der Waals surface area contributed by atoms with E-state index in [1.54, 1.807) is 0 Å². The Morgan fingerprint density at radius 2 is 1.80 bits per heavy atom. The molecule has 2 aromatic rings. The SMILES string of the molecule is CCOc1ccc(C(C#N)Cc2ccccc2C)cc1. The Kier molecular flexibility index (Phi) is 4.79. The lowest BCUT2D eigenvalue weighted by molar-refractivity contribution is 0.340. The molecule has 0 aliphatic heterocycles. The zero-order valence-electron chi connectivity index (χ0n) is 12.0. The van der Waals surface area contributed by atoms with Crippen LogP contribution in [0.2, 0.25) is 0 Å². The van der Waals surface area contributed by atoms with Crippen molar-refractivity contribution in [2.24, 2.45) is 0 Å². The topological polar surface area (TPSA) is 33.0 Å². The predicted molar refractivity (Wildman–Crippen MR) is 80.8 cm³/mol. The zero-order chi connectivity index (χ0) is 14.4. The molecule has 20 heavy (non-hydrogen) atoms. The number of nitrogens with zero attached hydrogens (tertiary/aromatic N) is 1. The molecular weight excluding hydrogens is 246 g/mol. The van der Waals surface area contributed by atoms with E-state index in [-0.39, 0.29) is 5.92 Å². The Hall–Kier alpha value is -2.27. The van der Waals surface area contributed by atoms with Gasteiger partial charge < -0.3 is 4.74 Å². The second-order valence-corrected chi connectivity index (χ2v) is 4.81. The van der Waals surface area contributed by atoms with Crippen LogP contribution in [-0.2, 0) is 6.42 Å². The quantitative estimate of drug-likeness (QED) is 0.810. The molecule has 0 saturated carbocycles. The molecule has 0 heterocycles. The van der Waals surface area contributed by atoms with E-state index in [4.69, 9.17) is 4.74 Å². The smallest absolute Gasteiger partial charge is 0.119 e. The van der Waals surface area contributed by atoms with Gasteiger partial charge >= 0.3 is 0 Å². The Balaban J connectivity index is 2.16. The van der Waals surface area contributed by atoms with Gasteiger partial charge in [-0.25, -0.2) is 0 Å². The number of hydrogen-bond donors (Lipinski definition) is 0. The highest BCUT2D eigenvalue weighted by Gasteiger charge is 2.12. The first-order valence-corrected chi connectivity index (χ1v) is 6.91. The molecule has 2 aromatic carbocycles. The fraction of sp³-hybridized carbons (Fsp3) is 0.278. The van der Waals surface area contributed by atoms with Crippen molar-refractivity contribution >= 4 is 0 Å². The van der Waals surface area contributed by atoms with Gasteiger partial charge in [0.05, 0.1) is 18.6 Å². The minimum atomic E-state index is -0.119. The van der Waals surface area contributed by atoms with Crippen molar-refractivity contribution in [1.29, 1.82) is 5.26 Å². The molecule has 0 fully saturated rings. The molecular formula is C18H19NO. The molecule has 0 bridgehead atoms. The van der Waals surface area contributed by atoms with Gasteiger partial charge in [0.1, 0.15) is 5.75 Å². The van der Waals surface area contributed by atoms with Crippen LogP contribution < -0.4 is 4.74 Å². The average molecular weight is 265 g/mol. The molecule has 1 unspecified atom stereocenters. The molecule has 0 aliphatic rings. The number of benzene rings is 2. The normalized spacial score (nSPS) is 11.7. The molecule has 102 valence electrons. The van der Waals surface area contributed by atoms with Crippen LogP contribution in [0.25, 0.3) is 0 Å². The van der Waals surface area contributed by atoms with Crippen molar-refractivity contribution in [2.75, 3.05) is 6.61 Å². The molecule has 0 saturated heterocycles. The van der Waals surface area contributed by atoms with Gasteiger partial charge in [0.2, 0.25) is 0 Å². The highest BCUT2D eigenvalue weighted by Crippen LogP contribution is 2.24. The first-order chi connectivity index (χ1) is 9.74. The van der Waals surface area contributed by atoms with Crippen molar-refractivity contribution in [3.63, 3.8) is 0 Å². The Labute approximate surface area is 120 Å². The molecule has 2 nitrogen and oxygen atoms in total. The number of nitriles is 1. The van der Waals surface area contributed by atoms with E-state index >= 15 is 0 Å². The van der Waals surface area contributed by atoms with Crippen molar-refractivity contribution in [3.8, 4) is 11.8 Å². The third-order valence-corrected chi connectivity index (χ3v) is 3.43. The van der Waals surface area contributed by atoms with Crippen molar-refractivity contribution in [1.82, 2.24) is 0 Å². The number of ether oxygens (including phenoxy) is 1. The average Bonchev–Trinajstić information content (AvgIpc) is 2.48. The Bertz CT molecular complexity index is 596. The summed E-state index contributed by atoms with van der Waals surface area (Å²) in [7, 11) is 0. The standard InChI is InChI=1S/C18H19NO/c1-3-20-18-10-8-15(9-11-18)17(13-19)12-16-7-5-4-6-14(16)2/h4-11,17H,3,12H2,1-2H3. The van der Waals surface area contributed by atoms with Crippen molar-refractivity contribution in [3.05, 3.63) is 65.2 Å². The number of aryl methyl sites for hydroxylation is 1. The molecule has 0 aliphatic carbocycles. The Morgan fingerprint density at radius 3 is 2.40 bits per heavy atom. The van der Waals surface area contributed by atoms with Gasteiger partial charge in [0.15, 0.2) is 0 Å². The van der Waals surface area contributed by atoms with Crippen LogP contribution in [0.1, 0.15) is 29.5 Å². The minimum absolute atomic E-state index is 0.119. The summed E-state index contributed by atoms with van der Waals surface area (Å²) in [6, 6.07) is 18.5. The second-order valence-electron chi connectivity index (χ2n) is 4.81. The minimum Gasteiger partial charge on any atom is -0.494 e. The van der Waals surface area contributed by atoms with Crippen LogP contribution in [0, 0.1) is 18.3 Å². The maximum atomic E-state index is 9.42. The number of hydrogen-bond acceptors (Lipinski definition) is 2. The highest BCUT2D eigenvalue weighted by molar-refractivity contribution is 5.35. The molecule has 2 heteroatoms. The summed E-state index contributed by atoms with van der Waals surface area (Å²) in [4.78, 5) is 0. The predicted octanol–water partition coefficient (Wildman–Crippen LogP) is 4.24. The van der Waals surface area contributed by atoms with E-state index in [9.17, 15) is 5.26 Å². The fourth-order valence-electron chi connectivity index (χ4n) is 2.26. The van der Waals surface area contributed by atoms with Crippen LogP contribution >= 0.6 is 0 Å². The van der Waals surface area contributed by atoms with E-state index in [2.05, 4.69) is 25.1 Å². The molecule has 0 radical (unpaired) electrons. The monoisotopic (exact) mass is 265 g/mol. The lowest BCUT2D eigenvalue weighted by Gasteiger charge is -2.12.